The van der Waals surface area contributed by atoms with Gasteiger partial charge in [-0.25, -0.2) is 34.5 Å². The van der Waals surface area contributed by atoms with Crippen LogP contribution in [-0.2, 0) is 43.9 Å². The van der Waals surface area contributed by atoms with Crippen molar-refractivity contribution in [2.75, 3.05) is 24.7 Å². The lowest BCUT2D eigenvalue weighted by molar-refractivity contribution is -0.0588. The first kappa shape index (κ1) is 34.8. The third-order valence-electron chi connectivity index (χ3n) is 7.26. The maximum absolute atomic E-state index is 13.5. The molecule has 2 bridgehead atoms. The number of fused-ring (bicyclic) bond motifs is 5. The van der Waals surface area contributed by atoms with Crippen LogP contribution in [0.15, 0.2) is 25.3 Å². The van der Waals surface area contributed by atoms with Gasteiger partial charge in [0.1, 0.15) is 60.3 Å². The van der Waals surface area contributed by atoms with E-state index in [1.165, 1.54) is 34.4 Å². The average Bonchev–Trinajstić information content (AvgIpc) is 3.73. The highest BCUT2D eigenvalue weighted by Crippen LogP contribution is 2.58. The Kier molecular flexibility index (Phi) is 9.71. The monoisotopic (exact) mass is 724 g/mol. The highest BCUT2D eigenvalue weighted by Gasteiger charge is 2.53. The average molecular weight is 725 g/mol. The first-order chi connectivity index (χ1) is 20.9. The van der Waals surface area contributed by atoms with Crippen LogP contribution < -0.4 is 23.8 Å². The summed E-state index contributed by atoms with van der Waals surface area (Å²) in [6.07, 6.45) is -5.40. The number of nitrogens with two attached hydrogens (primary N) is 2. The molecule has 7 rings (SSSR count). The van der Waals surface area contributed by atoms with E-state index in [-0.39, 0.29) is 46.3 Å². The van der Waals surface area contributed by atoms with Gasteiger partial charge in [0.05, 0.1) is 25.9 Å². The molecular formula is C20H30N12O10P2S2. The molecule has 4 aromatic rings. The van der Waals surface area contributed by atoms with Crippen molar-refractivity contribution in [2.24, 2.45) is 0 Å². The Hall–Kier alpha value is -2.51. The molecule has 0 aliphatic carbocycles. The van der Waals surface area contributed by atoms with Gasteiger partial charge in [-0.15, -0.1) is 0 Å². The van der Waals surface area contributed by atoms with Crippen molar-refractivity contribution in [2.45, 2.75) is 49.1 Å². The van der Waals surface area contributed by atoms with E-state index in [1.807, 2.05) is 0 Å². The molecule has 3 aliphatic rings. The summed E-state index contributed by atoms with van der Waals surface area (Å²) in [6, 6.07) is 0. The van der Waals surface area contributed by atoms with Crippen LogP contribution in [0.5, 0.6) is 0 Å². The topological polar surface area (TPSA) is 342 Å². The maximum Gasteiger partial charge on any atom is 0.386 e. The Labute approximate surface area is 268 Å². The molecule has 46 heavy (non-hydrogen) atoms. The molecular weight excluding hydrogens is 694 g/mol. The standard InChI is InChI=1S/C20H24N10O10P2S2.2H3N/c21-15-9-17(25-3-23-15)29(5-27-9)19-12(32)13-8(38-19)2-36-42(34,44)40-14-11(31)7(1-35-41(33,43)39-13)37-20(14)30-6-28-10-16(22)24-4-26-18(10)30;;/h3-8,11-14,19-20,31-32H,1-2H2,(H,33,43)(H,34,44)(H2,21,23,25)(H2,22,24,26);2*1H3/t7-,8-,11?,12-,13-,14-,19-,20-,41?,42?;;/m1../s1. The number of aromatic nitrogens is 8. The summed E-state index contributed by atoms with van der Waals surface area (Å²) < 4.78 is 50.8. The highest BCUT2D eigenvalue weighted by atomic mass is 32.7. The Bertz CT molecular complexity index is 1840. The number of nitrogen functional groups attached to an aromatic ring is 2. The zero-order valence-electron chi connectivity index (χ0n) is 23.4. The van der Waals surface area contributed by atoms with E-state index in [2.05, 4.69) is 42.2 Å². The number of aliphatic hydroxyl groups is 2. The molecule has 0 saturated carbocycles. The Morgan fingerprint density at radius 2 is 1.35 bits per heavy atom. The molecule has 0 spiro atoms. The van der Waals surface area contributed by atoms with E-state index in [0.717, 1.165) is 0 Å². The predicted octanol–water partition coefficient (Wildman–Crippen LogP) is -0.257. The van der Waals surface area contributed by atoms with E-state index < -0.39 is 75.8 Å². The second kappa shape index (κ2) is 12.8. The smallest absolute Gasteiger partial charge is 0.386 e. The second-order valence-corrected chi connectivity index (χ2v) is 15.6. The molecule has 3 fully saturated rings. The maximum atomic E-state index is 13.5. The minimum atomic E-state index is -4.30. The molecule has 22 nitrogen and oxygen atoms in total. The molecule has 0 amide bonds. The van der Waals surface area contributed by atoms with Crippen LogP contribution >= 0.6 is 25.8 Å². The summed E-state index contributed by atoms with van der Waals surface area (Å²) in [4.78, 5) is 35.5. The summed E-state index contributed by atoms with van der Waals surface area (Å²) in [5.41, 5.74) is 12.8. The predicted molar refractivity (Wildman–Crippen MR) is 164 cm³/mol. The minimum absolute atomic E-state index is 0. The third kappa shape index (κ3) is 6.11. The van der Waals surface area contributed by atoms with Gasteiger partial charge in [-0.3, -0.25) is 22.7 Å². The van der Waals surface area contributed by atoms with E-state index in [4.69, 9.17) is 50.8 Å². The van der Waals surface area contributed by atoms with Crippen LogP contribution in [0, 0.1) is 0 Å². The number of aliphatic hydroxyl groups excluding tert-OH is 2. The number of hydrogen-bond acceptors (Lipinski definition) is 20. The number of hydrogen-bond donors (Lipinski definition) is 8. The van der Waals surface area contributed by atoms with Crippen molar-refractivity contribution in [1.29, 1.82) is 0 Å². The third-order valence-corrected chi connectivity index (χ3v) is 10.4. The SMILES string of the molecule is N.N.Nc1ncnc2c1ncn2[C@@H]1O[C@@H]2COP(=O)(S)O[C@@H]3C(O)[C@@H](COP(O)(=S)O[C@H]2[C@H]1O)O[C@H]3n1cnc2c(N)ncnc21. The van der Waals surface area contributed by atoms with E-state index >= 15 is 0 Å². The molecule has 3 unspecified atom stereocenters. The molecule has 3 aliphatic heterocycles. The summed E-state index contributed by atoms with van der Waals surface area (Å²) in [7, 11) is 0. The summed E-state index contributed by atoms with van der Waals surface area (Å²) in [6.45, 7) is -9.47. The number of anilines is 2. The summed E-state index contributed by atoms with van der Waals surface area (Å²) in [5.74, 6) is 0.201. The molecule has 10 atom stereocenters. The van der Waals surface area contributed by atoms with Gasteiger partial charge in [-0.1, -0.05) is 12.2 Å². The Balaban J connectivity index is 0.00000208. The fourth-order valence-electron chi connectivity index (χ4n) is 5.22. The number of nitrogens with zero attached hydrogens (tertiary/aromatic N) is 8. The lowest BCUT2D eigenvalue weighted by Crippen LogP contribution is -2.36. The summed E-state index contributed by atoms with van der Waals surface area (Å²) >= 11 is 9.34. The van der Waals surface area contributed by atoms with E-state index in [1.54, 1.807) is 0 Å². The van der Waals surface area contributed by atoms with Crippen LogP contribution in [0.3, 0.4) is 0 Å². The molecule has 13 N–H and O–H groups in total. The number of thiol groups is 1. The van der Waals surface area contributed by atoms with Gasteiger partial charge >= 0.3 is 13.5 Å². The van der Waals surface area contributed by atoms with Gasteiger partial charge in [0.15, 0.2) is 35.4 Å². The number of ether oxygens (including phenoxy) is 2. The normalized spacial score (nSPS) is 36.6. The minimum Gasteiger partial charge on any atom is -0.387 e. The van der Waals surface area contributed by atoms with Crippen molar-refractivity contribution >= 4 is 71.5 Å². The first-order valence-corrected chi connectivity index (χ1v) is 18.1. The van der Waals surface area contributed by atoms with Gasteiger partial charge < -0.3 is 52.9 Å². The first-order valence-electron chi connectivity index (χ1n) is 12.8. The van der Waals surface area contributed by atoms with Gasteiger partial charge in [-0.2, -0.15) is 0 Å². The van der Waals surface area contributed by atoms with Crippen LogP contribution in [0.2, 0.25) is 0 Å². The fourth-order valence-corrected chi connectivity index (χ4v) is 8.13. The molecule has 0 radical (unpaired) electrons. The largest absolute Gasteiger partial charge is 0.387 e. The molecule has 252 valence electrons. The molecule has 3 saturated heterocycles. The zero-order valence-corrected chi connectivity index (χ0v) is 26.9. The molecule has 0 aromatic carbocycles. The van der Waals surface area contributed by atoms with Gasteiger partial charge in [0.2, 0.25) is 0 Å². The van der Waals surface area contributed by atoms with Gasteiger partial charge in [-0.05, 0) is 11.8 Å². The van der Waals surface area contributed by atoms with Crippen molar-refractivity contribution < 1.29 is 47.2 Å². The van der Waals surface area contributed by atoms with Crippen molar-refractivity contribution in [3.63, 3.8) is 0 Å². The van der Waals surface area contributed by atoms with E-state index in [0.29, 0.717) is 0 Å². The van der Waals surface area contributed by atoms with Crippen LogP contribution in [0.1, 0.15) is 12.5 Å². The van der Waals surface area contributed by atoms with Crippen LogP contribution in [-0.4, -0.2) is 104 Å². The van der Waals surface area contributed by atoms with Gasteiger partial charge in [0.25, 0.3) is 0 Å². The lowest BCUT2D eigenvalue weighted by atomic mass is 10.1. The number of rotatable bonds is 2. The molecule has 7 heterocycles. The van der Waals surface area contributed by atoms with Crippen LogP contribution in [0.4, 0.5) is 11.6 Å². The fraction of sp³-hybridized carbons (Fsp3) is 0.500. The van der Waals surface area contributed by atoms with Crippen LogP contribution in [0.25, 0.3) is 22.3 Å². The number of imidazole rings is 2. The molecule has 4 aromatic heterocycles. The summed E-state index contributed by atoms with van der Waals surface area (Å²) in [5, 5.41) is 22.4. The zero-order chi connectivity index (χ0) is 31.0. The second-order valence-electron chi connectivity index (χ2n) is 9.95. The molecule has 26 heteroatoms. The van der Waals surface area contributed by atoms with Crippen molar-refractivity contribution in [3.05, 3.63) is 25.3 Å². The Morgan fingerprint density at radius 1 is 0.804 bits per heavy atom. The highest BCUT2D eigenvalue weighted by molar-refractivity contribution is 8.44. The van der Waals surface area contributed by atoms with Crippen molar-refractivity contribution in [1.82, 2.24) is 51.3 Å². The Morgan fingerprint density at radius 3 is 1.96 bits per heavy atom. The quantitative estimate of drug-likeness (QED) is 0.0975. The van der Waals surface area contributed by atoms with Crippen molar-refractivity contribution in [3.8, 4) is 0 Å². The van der Waals surface area contributed by atoms with E-state index in [9.17, 15) is 19.7 Å². The lowest BCUT2D eigenvalue weighted by Gasteiger charge is -2.27. The van der Waals surface area contributed by atoms with Gasteiger partial charge in [0, 0.05) is 0 Å².